The van der Waals surface area contributed by atoms with Crippen LogP contribution in [0.5, 0.6) is 0 Å². The zero-order valence-corrected chi connectivity index (χ0v) is 13.3. The zero-order valence-electron chi connectivity index (χ0n) is 13.3. The molecule has 4 nitrogen and oxygen atoms in total. The summed E-state index contributed by atoms with van der Waals surface area (Å²) in [6.45, 7) is 15.9. The average molecular weight is 271 g/mol. The van der Waals surface area contributed by atoms with Crippen molar-refractivity contribution in [1.29, 1.82) is 0 Å². The van der Waals surface area contributed by atoms with Crippen LogP contribution in [0.3, 0.4) is 0 Å². The quantitative estimate of drug-likeness (QED) is 0.665. The summed E-state index contributed by atoms with van der Waals surface area (Å²) in [6.07, 6.45) is 0. The molecule has 1 rings (SSSR count). The summed E-state index contributed by atoms with van der Waals surface area (Å²) in [6, 6.07) is 0. The van der Waals surface area contributed by atoms with E-state index in [9.17, 15) is 4.79 Å². The molecule has 19 heavy (non-hydrogen) atoms. The highest BCUT2D eigenvalue weighted by molar-refractivity contribution is 5.91. The number of ether oxygens (including phenoxy) is 2. The predicted molar refractivity (Wildman–Crippen MR) is 76.3 cm³/mol. The van der Waals surface area contributed by atoms with E-state index in [0.717, 1.165) is 32.8 Å². The Morgan fingerprint density at radius 2 is 1.89 bits per heavy atom. The summed E-state index contributed by atoms with van der Waals surface area (Å²) in [7, 11) is 0. The first-order valence-corrected chi connectivity index (χ1v) is 7.29. The number of hydrogen-bond acceptors (Lipinski definition) is 4. The molecule has 1 aliphatic rings. The maximum absolute atomic E-state index is 12.4. The van der Waals surface area contributed by atoms with Crippen molar-refractivity contribution in [3.63, 3.8) is 0 Å². The molecule has 1 atom stereocenters. The first-order valence-electron chi connectivity index (χ1n) is 7.29. The van der Waals surface area contributed by atoms with Crippen LogP contribution in [0.1, 0.15) is 41.5 Å². The molecule has 4 heteroatoms. The first-order chi connectivity index (χ1) is 8.74. The molecule has 0 saturated carbocycles. The zero-order chi connectivity index (χ0) is 14.7. The van der Waals surface area contributed by atoms with Gasteiger partial charge in [0.25, 0.3) is 0 Å². The van der Waals surface area contributed by atoms with E-state index < -0.39 is 5.60 Å². The summed E-state index contributed by atoms with van der Waals surface area (Å²) < 4.78 is 11.3. The van der Waals surface area contributed by atoms with Crippen LogP contribution >= 0.6 is 0 Å². The SMILES string of the molecule is CCOCCN(CC)CC1C(=O)C(C)(C)OC1(C)C. The molecule has 112 valence electrons. The number of likely N-dealkylation sites (N-methyl/N-ethyl adjacent to an activating group) is 1. The molecule has 1 saturated heterocycles. The number of Topliss-reactive ketones (excluding diaryl/α,β-unsaturated/α-hetero) is 1. The van der Waals surface area contributed by atoms with Gasteiger partial charge in [0.05, 0.1) is 18.1 Å². The molecule has 0 amide bonds. The van der Waals surface area contributed by atoms with Gasteiger partial charge in [0.1, 0.15) is 5.60 Å². The molecular weight excluding hydrogens is 242 g/mol. The second kappa shape index (κ2) is 6.33. The van der Waals surface area contributed by atoms with Gasteiger partial charge in [-0.3, -0.25) is 4.79 Å². The summed E-state index contributed by atoms with van der Waals surface area (Å²) in [5.41, 5.74) is -1.05. The number of nitrogens with zero attached hydrogens (tertiary/aromatic N) is 1. The molecule has 0 aromatic rings. The summed E-state index contributed by atoms with van der Waals surface area (Å²) in [5, 5.41) is 0. The van der Waals surface area contributed by atoms with Gasteiger partial charge in [0.15, 0.2) is 5.78 Å². The monoisotopic (exact) mass is 271 g/mol. The first kappa shape index (κ1) is 16.6. The lowest BCUT2D eigenvalue weighted by molar-refractivity contribution is -0.132. The second-order valence-electron chi connectivity index (χ2n) is 6.22. The molecule has 0 aliphatic carbocycles. The summed E-state index contributed by atoms with van der Waals surface area (Å²) >= 11 is 0. The molecule has 1 fully saturated rings. The van der Waals surface area contributed by atoms with Crippen molar-refractivity contribution in [3.05, 3.63) is 0 Å². The lowest BCUT2D eigenvalue weighted by Crippen LogP contribution is -2.42. The maximum atomic E-state index is 12.4. The Morgan fingerprint density at radius 1 is 1.26 bits per heavy atom. The number of carbonyl (C=O) groups is 1. The van der Waals surface area contributed by atoms with E-state index in [1.807, 2.05) is 34.6 Å². The Morgan fingerprint density at radius 3 is 2.32 bits per heavy atom. The standard InChI is InChI=1S/C15H29NO3/c1-7-16(9-10-18-8-2)11-12-13(17)15(5,6)19-14(12,3)4/h12H,7-11H2,1-6H3. The van der Waals surface area contributed by atoms with E-state index >= 15 is 0 Å². The van der Waals surface area contributed by atoms with Gasteiger partial charge in [-0.2, -0.15) is 0 Å². The van der Waals surface area contributed by atoms with Gasteiger partial charge in [-0.1, -0.05) is 6.92 Å². The number of ketones is 1. The fraction of sp³-hybridized carbons (Fsp3) is 0.933. The fourth-order valence-electron chi connectivity index (χ4n) is 2.79. The Labute approximate surface area is 117 Å². The lowest BCUT2D eigenvalue weighted by atomic mass is 9.85. The molecule has 0 N–H and O–H groups in total. The third kappa shape index (κ3) is 4.01. The van der Waals surface area contributed by atoms with Crippen LogP contribution in [0.2, 0.25) is 0 Å². The minimum Gasteiger partial charge on any atom is -0.380 e. The van der Waals surface area contributed by atoms with Crippen molar-refractivity contribution in [2.45, 2.75) is 52.7 Å². The van der Waals surface area contributed by atoms with Crippen LogP contribution in [0.15, 0.2) is 0 Å². The van der Waals surface area contributed by atoms with Crippen LogP contribution in [0, 0.1) is 5.92 Å². The van der Waals surface area contributed by atoms with Gasteiger partial charge in [0, 0.05) is 19.7 Å². The van der Waals surface area contributed by atoms with E-state index in [-0.39, 0.29) is 17.3 Å². The molecule has 1 heterocycles. The van der Waals surface area contributed by atoms with E-state index in [1.54, 1.807) is 0 Å². The van der Waals surface area contributed by atoms with E-state index in [0.29, 0.717) is 0 Å². The van der Waals surface area contributed by atoms with Crippen molar-refractivity contribution in [3.8, 4) is 0 Å². The number of carbonyl (C=O) groups excluding carboxylic acids is 1. The normalized spacial score (nSPS) is 25.2. The Bertz CT molecular complexity index is 313. The molecular formula is C15H29NO3. The van der Waals surface area contributed by atoms with Gasteiger partial charge >= 0.3 is 0 Å². The highest BCUT2D eigenvalue weighted by atomic mass is 16.5. The molecule has 1 unspecified atom stereocenters. The third-order valence-electron chi connectivity index (χ3n) is 3.91. The second-order valence-corrected chi connectivity index (χ2v) is 6.22. The largest absolute Gasteiger partial charge is 0.380 e. The maximum Gasteiger partial charge on any atom is 0.171 e. The number of rotatable bonds is 7. The van der Waals surface area contributed by atoms with Crippen LogP contribution in [-0.2, 0) is 14.3 Å². The Hall–Kier alpha value is -0.450. The Kier molecular flexibility index (Phi) is 5.53. The van der Waals surface area contributed by atoms with Gasteiger partial charge in [-0.15, -0.1) is 0 Å². The minimum atomic E-state index is -0.659. The smallest absolute Gasteiger partial charge is 0.171 e. The average Bonchev–Trinajstić information content (AvgIpc) is 2.45. The highest BCUT2D eigenvalue weighted by Crippen LogP contribution is 2.39. The van der Waals surface area contributed by atoms with Crippen molar-refractivity contribution >= 4 is 5.78 Å². The van der Waals surface area contributed by atoms with Crippen LogP contribution in [0.4, 0.5) is 0 Å². The minimum absolute atomic E-state index is 0.0657. The predicted octanol–water partition coefficient (Wildman–Crippen LogP) is 2.12. The molecule has 0 aromatic heterocycles. The fourth-order valence-corrected chi connectivity index (χ4v) is 2.79. The van der Waals surface area contributed by atoms with Crippen LogP contribution in [0.25, 0.3) is 0 Å². The van der Waals surface area contributed by atoms with E-state index in [2.05, 4.69) is 11.8 Å². The van der Waals surface area contributed by atoms with Crippen molar-refractivity contribution in [2.75, 3.05) is 32.8 Å². The molecule has 0 aromatic carbocycles. The van der Waals surface area contributed by atoms with E-state index in [1.165, 1.54) is 0 Å². The molecule has 0 radical (unpaired) electrons. The van der Waals surface area contributed by atoms with Crippen molar-refractivity contribution < 1.29 is 14.3 Å². The van der Waals surface area contributed by atoms with Gasteiger partial charge in [-0.25, -0.2) is 0 Å². The van der Waals surface area contributed by atoms with Crippen LogP contribution < -0.4 is 0 Å². The topological polar surface area (TPSA) is 38.8 Å². The third-order valence-corrected chi connectivity index (χ3v) is 3.91. The molecule has 0 bridgehead atoms. The van der Waals surface area contributed by atoms with Gasteiger partial charge in [0.2, 0.25) is 0 Å². The van der Waals surface area contributed by atoms with E-state index in [4.69, 9.17) is 9.47 Å². The van der Waals surface area contributed by atoms with Crippen LogP contribution in [-0.4, -0.2) is 54.7 Å². The number of hydrogen-bond donors (Lipinski definition) is 0. The molecule has 0 spiro atoms. The Balaban J connectivity index is 2.65. The van der Waals surface area contributed by atoms with Crippen molar-refractivity contribution in [1.82, 2.24) is 4.90 Å². The van der Waals surface area contributed by atoms with Gasteiger partial charge < -0.3 is 14.4 Å². The highest BCUT2D eigenvalue weighted by Gasteiger charge is 2.53. The van der Waals surface area contributed by atoms with Crippen molar-refractivity contribution in [2.24, 2.45) is 5.92 Å². The molecule has 1 aliphatic heterocycles. The summed E-state index contributed by atoms with van der Waals surface area (Å²) in [4.78, 5) is 14.7. The summed E-state index contributed by atoms with van der Waals surface area (Å²) in [5.74, 6) is 0.149. The van der Waals surface area contributed by atoms with Gasteiger partial charge in [-0.05, 0) is 41.2 Å². The lowest BCUT2D eigenvalue weighted by Gasteiger charge is -2.30.